The number of rotatable bonds is 7. The zero-order chi connectivity index (χ0) is 16.9. The predicted molar refractivity (Wildman–Crippen MR) is 87.7 cm³/mol. The molecule has 0 aromatic heterocycles. The summed E-state index contributed by atoms with van der Waals surface area (Å²) in [5, 5.41) is 2.71. The Morgan fingerprint density at radius 3 is 2.55 bits per heavy atom. The van der Waals surface area contributed by atoms with Gasteiger partial charge in [0.15, 0.2) is 0 Å². The predicted octanol–water partition coefficient (Wildman–Crippen LogP) is 2.00. The van der Waals surface area contributed by atoms with Gasteiger partial charge in [0.2, 0.25) is 15.9 Å². The molecule has 0 aliphatic rings. The van der Waals surface area contributed by atoms with Crippen molar-refractivity contribution in [3.8, 4) is 5.75 Å². The third-order valence-corrected chi connectivity index (χ3v) is 4.78. The van der Waals surface area contributed by atoms with Gasteiger partial charge < -0.3 is 10.1 Å². The molecule has 1 N–H and O–H groups in total. The molecule has 0 aliphatic carbocycles. The molecule has 0 saturated carbocycles. The molecule has 6 nitrogen and oxygen atoms in total. The van der Waals surface area contributed by atoms with Gasteiger partial charge in [-0.2, -0.15) is 4.31 Å². The summed E-state index contributed by atoms with van der Waals surface area (Å²) < 4.78 is 30.0. The average Bonchev–Trinajstić information content (AvgIpc) is 2.43. The summed E-state index contributed by atoms with van der Waals surface area (Å²) in [7, 11) is -1.93. The lowest BCUT2D eigenvalue weighted by Gasteiger charge is -2.25. The molecule has 1 unspecified atom stereocenters. The highest BCUT2D eigenvalue weighted by Crippen LogP contribution is 2.25. The van der Waals surface area contributed by atoms with Gasteiger partial charge in [0.1, 0.15) is 5.75 Å². The van der Waals surface area contributed by atoms with Crippen molar-refractivity contribution in [2.24, 2.45) is 0 Å². The van der Waals surface area contributed by atoms with Gasteiger partial charge in [0.05, 0.1) is 25.6 Å². The maximum Gasteiger partial charge on any atom is 0.239 e. The molecule has 7 heteroatoms. The van der Waals surface area contributed by atoms with Crippen molar-refractivity contribution < 1.29 is 17.9 Å². The van der Waals surface area contributed by atoms with Crippen LogP contribution < -0.4 is 10.1 Å². The molecule has 0 bridgehead atoms. The third kappa shape index (κ3) is 4.99. The number of carbonyl (C=O) groups is 1. The number of ether oxygens (including phenoxy) is 1. The molecule has 1 aromatic rings. The van der Waals surface area contributed by atoms with Crippen LogP contribution in [0.3, 0.4) is 0 Å². The lowest BCUT2D eigenvalue weighted by Crippen LogP contribution is -2.42. The van der Waals surface area contributed by atoms with Crippen LogP contribution >= 0.6 is 0 Å². The Morgan fingerprint density at radius 1 is 1.41 bits per heavy atom. The average molecular weight is 328 g/mol. The summed E-state index contributed by atoms with van der Waals surface area (Å²) in [6.45, 7) is 5.34. The van der Waals surface area contributed by atoms with E-state index in [4.69, 9.17) is 4.74 Å². The van der Waals surface area contributed by atoms with E-state index in [1.165, 1.54) is 11.4 Å². The van der Waals surface area contributed by atoms with Gasteiger partial charge in [-0.1, -0.05) is 13.0 Å². The van der Waals surface area contributed by atoms with Crippen LogP contribution in [0.5, 0.6) is 5.75 Å². The van der Waals surface area contributed by atoms with Gasteiger partial charge in [0, 0.05) is 6.04 Å². The first-order valence-corrected chi connectivity index (χ1v) is 8.95. The SMILES string of the molecule is CCC(C)N(CC(=O)Nc1cc(C)ccc1OC)S(C)(=O)=O. The smallest absolute Gasteiger partial charge is 0.239 e. The van der Waals surface area contributed by atoms with Crippen LogP contribution in [-0.4, -0.2) is 44.6 Å². The molecule has 22 heavy (non-hydrogen) atoms. The van der Waals surface area contributed by atoms with Crippen molar-refractivity contribution in [3.05, 3.63) is 23.8 Å². The summed E-state index contributed by atoms with van der Waals surface area (Å²) in [4.78, 5) is 12.2. The standard InChI is InChI=1S/C15H24N2O4S/c1-6-12(3)17(22(5,19)20)10-15(18)16-13-9-11(2)7-8-14(13)21-4/h7-9,12H,6,10H2,1-5H3,(H,16,18). The number of aryl methyl sites for hydroxylation is 1. The first kappa shape index (κ1) is 18.4. The van der Waals surface area contributed by atoms with E-state index < -0.39 is 15.9 Å². The van der Waals surface area contributed by atoms with Crippen LogP contribution in [-0.2, 0) is 14.8 Å². The summed E-state index contributed by atoms with van der Waals surface area (Å²) in [6, 6.07) is 5.18. The van der Waals surface area contributed by atoms with Gasteiger partial charge in [0.25, 0.3) is 0 Å². The van der Waals surface area contributed by atoms with E-state index in [1.807, 2.05) is 19.9 Å². The number of sulfonamides is 1. The fourth-order valence-corrected chi connectivity index (χ4v) is 3.21. The highest BCUT2D eigenvalue weighted by atomic mass is 32.2. The molecule has 1 rings (SSSR count). The minimum Gasteiger partial charge on any atom is -0.495 e. The van der Waals surface area contributed by atoms with Gasteiger partial charge in [-0.3, -0.25) is 4.79 Å². The Morgan fingerprint density at radius 2 is 2.05 bits per heavy atom. The highest BCUT2D eigenvalue weighted by molar-refractivity contribution is 7.88. The van der Waals surface area contributed by atoms with Crippen LogP contribution in [0.1, 0.15) is 25.8 Å². The van der Waals surface area contributed by atoms with E-state index in [2.05, 4.69) is 5.32 Å². The fraction of sp³-hybridized carbons (Fsp3) is 0.533. The van der Waals surface area contributed by atoms with Crippen molar-refractivity contribution in [3.63, 3.8) is 0 Å². The summed E-state index contributed by atoms with van der Waals surface area (Å²) in [5.74, 6) is 0.142. The fourth-order valence-electron chi connectivity index (χ4n) is 2.05. The van der Waals surface area contributed by atoms with Crippen molar-refractivity contribution in [1.29, 1.82) is 0 Å². The van der Waals surface area contributed by atoms with Crippen molar-refractivity contribution in [2.75, 3.05) is 25.2 Å². The number of hydrogen-bond donors (Lipinski definition) is 1. The topological polar surface area (TPSA) is 75.7 Å². The molecule has 1 aromatic carbocycles. The first-order valence-electron chi connectivity index (χ1n) is 7.10. The van der Waals surface area contributed by atoms with E-state index >= 15 is 0 Å². The highest BCUT2D eigenvalue weighted by Gasteiger charge is 2.25. The number of hydrogen-bond acceptors (Lipinski definition) is 4. The van der Waals surface area contributed by atoms with E-state index in [0.717, 1.165) is 11.8 Å². The lowest BCUT2D eigenvalue weighted by molar-refractivity contribution is -0.116. The molecule has 0 saturated heterocycles. The van der Waals surface area contributed by atoms with Gasteiger partial charge in [-0.15, -0.1) is 0 Å². The molecular weight excluding hydrogens is 304 g/mol. The van der Waals surface area contributed by atoms with Gasteiger partial charge in [-0.25, -0.2) is 8.42 Å². The molecule has 0 aliphatic heterocycles. The number of methoxy groups -OCH3 is 1. The number of carbonyl (C=O) groups excluding carboxylic acids is 1. The van der Waals surface area contributed by atoms with Crippen LogP contribution in [0.4, 0.5) is 5.69 Å². The van der Waals surface area contributed by atoms with Crippen molar-refractivity contribution in [2.45, 2.75) is 33.2 Å². The maximum atomic E-state index is 12.2. The Kier molecular flexibility index (Phi) is 6.37. The second-order valence-corrected chi connectivity index (χ2v) is 7.25. The Hall–Kier alpha value is -1.60. The Labute approximate surface area is 132 Å². The van der Waals surface area contributed by atoms with Crippen LogP contribution in [0.25, 0.3) is 0 Å². The number of nitrogens with one attached hydrogen (secondary N) is 1. The minimum absolute atomic E-state index is 0.217. The summed E-state index contributed by atoms with van der Waals surface area (Å²) >= 11 is 0. The Balaban J connectivity index is 2.91. The molecule has 0 spiro atoms. The number of benzene rings is 1. The largest absolute Gasteiger partial charge is 0.495 e. The molecule has 1 amide bonds. The van der Waals surface area contributed by atoms with Gasteiger partial charge in [-0.05, 0) is 38.0 Å². The normalized spacial score (nSPS) is 13.0. The zero-order valence-corrected chi connectivity index (χ0v) is 14.5. The molecule has 0 heterocycles. The molecule has 0 fully saturated rings. The molecule has 1 atom stereocenters. The minimum atomic E-state index is -3.45. The van der Waals surface area contributed by atoms with Crippen LogP contribution in [0, 0.1) is 6.92 Å². The van der Waals surface area contributed by atoms with E-state index in [1.54, 1.807) is 19.1 Å². The molecule has 0 radical (unpaired) electrons. The number of anilines is 1. The second kappa shape index (κ2) is 7.60. The van der Waals surface area contributed by atoms with E-state index in [-0.39, 0.29) is 12.6 Å². The van der Waals surface area contributed by atoms with Crippen molar-refractivity contribution >= 4 is 21.6 Å². The third-order valence-electron chi connectivity index (χ3n) is 3.44. The summed E-state index contributed by atoms with van der Waals surface area (Å²) in [6.07, 6.45) is 1.74. The monoisotopic (exact) mass is 328 g/mol. The van der Waals surface area contributed by atoms with E-state index in [9.17, 15) is 13.2 Å². The first-order chi connectivity index (χ1) is 10.2. The molecular formula is C15H24N2O4S. The lowest BCUT2D eigenvalue weighted by atomic mass is 10.2. The summed E-state index contributed by atoms with van der Waals surface area (Å²) in [5.41, 5.74) is 1.50. The second-order valence-electron chi connectivity index (χ2n) is 5.32. The number of amides is 1. The zero-order valence-electron chi connectivity index (χ0n) is 13.7. The van der Waals surface area contributed by atoms with Crippen LogP contribution in [0.2, 0.25) is 0 Å². The van der Waals surface area contributed by atoms with E-state index in [0.29, 0.717) is 17.9 Å². The van der Waals surface area contributed by atoms with Gasteiger partial charge >= 0.3 is 0 Å². The van der Waals surface area contributed by atoms with Crippen molar-refractivity contribution in [1.82, 2.24) is 4.31 Å². The van der Waals surface area contributed by atoms with Crippen LogP contribution in [0.15, 0.2) is 18.2 Å². The number of nitrogens with zero attached hydrogens (tertiary/aromatic N) is 1. The Bertz CT molecular complexity index is 628. The maximum absolute atomic E-state index is 12.2. The molecule has 124 valence electrons. The quantitative estimate of drug-likeness (QED) is 0.830.